The molecule has 2 aromatic rings. The number of nitrogens with one attached hydrogen (secondary N) is 1. The molecule has 2 amide bonds. The Morgan fingerprint density at radius 1 is 1.17 bits per heavy atom. The lowest BCUT2D eigenvalue weighted by molar-refractivity contribution is 0.176. The number of aliphatic hydroxyl groups excluding tert-OH is 1. The van der Waals surface area contributed by atoms with Gasteiger partial charge in [-0.3, -0.25) is 0 Å². The largest absolute Gasteiger partial charge is 0.491 e. The number of hydrogen-bond donors (Lipinski definition) is 2. The monoisotopic (exact) mass is 326 g/mol. The topological polar surface area (TPSA) is 61.8 Å². The first kappa shape index (κ1) is 16.3. The van der Waals surface area contributed by atoms with Crippen LogP contribution in [0.4, 0.5) is 10.5 Å². The lowest BCUT2D eigenvalue weighted by Gasteiger charge is -2.18. The fourth-order valence-electron chi connectivity index (χ4n) is 2.74. The molecule has 5 nitrogen and oxygen atoms in total. The van der Waals surface area contributed by atoms with Gasteiger partial charge < -0.3 is 20.1 Å². The molecule has 1 atom stereocenters. The van der Waals surface area contributed by atoms with Gasteiger partial charge in [-0.2, -0.15) is 0 Å². The maximum absolute atomic E-state index is 12.3. The molecule has 0 aromatic heterocycles. The van der Waals surface area contributed by atoms with Gasteiger partial charge in [-0.05, 0) is 24.1 Å². The van der Waals surface area contributed by atoms with Crippen LogP contribution in [0.1, 0.15) is 12.0 Å². The first-order chi connectivity index (χ1) is 11.7. The van der Waals surface area contributed by atoms with Crippen molar-refractivity contribution in [2.45, 2.75) is 18.9 Å². The summed E-state index contributed by atoms with van der Waals surface area (Å²) in [6.07, 6.45) is 1.01. The highest BCUT2D eigenvalue weighted by Crippen LogP contribution is 2.25. The van der Waals surface area contributed by atoms with E-state index in [1.54, 1.807) is 4.90 Å². The van der Waals surface area contributed by atoms with Gasteiger partial charge in [0.1, 0.15) is 5.75 Å². The zero-order chi connectivity index (χ0) is 16.8. The van der Waals surface area contributed by atoms with Gasteiger partial charge in [-0.25, -0.2) is 4.79 Å². The van der Waals surface area contributed by atoms with Crippen LogP contribution < -0.4 is 10.1 Å². The number of nitrogens with zero attached hydrogens (tertiary/aromatic N) is 1. The second-order valence-electron chi connectivity index (χ2n) is 5.90. The highest BCUT2D eigenvalue weighted by atomic mass is 16.5. The van der Waals surface area contributed by atoms with Crippen molar-refractivity contribution in [2.75, 3.05) is 25.0 Å². The molecule has 0 aliphatic carbocycles. The maximum Gasteiger partial charge on any atom is 0.322 e. The molecule has 1 heterocycles. The third-order valence-corrected chi connectivity index (χ3v) is 4.07. The van der Waals surface area contributed by atoms with Crippen molar-refractivity contribution < 1.29 is 14.6 Å². The van der Waals surface area contributed by atoms with Gasteiger partial charge in [0, 0.05) is 19.5 Å². The Morgan fingerprint density at radius 2 is 1.92 bits per heavy atom. The van der Waals surface area contributed by atoms with E-state index in [1.165, 1.54) is 5.56 Å². The molecule has 126 valence electrons. The zero-order valence-corrected chi connectivity index (χ0v) is 13.5. The molecule has 0 bridgehead atoms. The normalized spacial score (nSPS) is 16.9. The summed E-state index contributed by atoms with van der Waals surface area (Å²) in [7, 11) is 0. The van der Waals surface area contributed by atoms with Gasteiger partial charge in [-0.1, -0.05) is 42.5 Å². The molecule has 0 spiro atoms. The minimum absolute atomic E-state index is 0.203. The highest BCUT2D eigenvalue weighted by molar-refractivity contribution is 5.91. The first-order valence-corrected chi connectivity index (χ1v) is 8.22. The second-order valence-corrected chi connectivity index (χ2v) is 5.90. The number of carbonyl (C=O) groups excluding carboxylic acids is 1. The Balaban J connectivity index is 1.57. The average Bonchev–Trinajstić information content (AvgIpc) is 3.04. The molecule has 0 saturated carbocycles. The van der Waals surface area contributed by atoms with E-state index < -0.39 is 6.10 Å². The van der Waals surface area contributed by atoms with E-state index in [0.29, 0.717) is 37.6 Å². The van der Waals surface area contributed by atoms with Crippen LogP contribution in [-0.4, -0.2) is 41.8 Å². The Morgan fingerprint density at radius 3 is 2.67 bits per heavy atom. The third kappa shape index (κ3) is 4.26. The number of para-hydroxylation sites is 2. The summed E-state index contributed by atoms with van der Waals surface area (Å²) in [6, 6.07) is 17.3. The first-order valence-electron chi connectivity index (χ1n) is 8.22. The Bertz CT molecular complexity index is 675. The van der Waals surface area contributed by atoms with Crippen molar-refractivity contribution >= 4 is 11.7 Å². The SMILES string of the molecule is O=C(Nc1ccccc1OCCc1ccccc1)N1CC[C@H](O)C1. The fraction of sp³-hybridized carbons (Fsp3) is 0.316. The lowest BCUT2D eigenvalue weighted by atomic mass is 10.2. The van der Waals surface area contributed by atoms with Crippen molar-refractivity contribution in [1.29, 1.82) is 0 Å². The Hall–Kier alpha value is -2.53. The molecule has 5 heteroatoms. The van der Waals surface area contributed by atoms with Crippen LogP contribution in [0.2, 0.25) is 0 Å². The molecule has 1 saturated heterocycles. The van der Waals surface area contributed by atoms with Crippen LogP contribution in [0.5, 0.6) is 5.75 Å². The van der Waals surface area contributed by atoms with Crippen LogP contribution >= 0.6 is 0 Å². The second kappa shape index (κ2) is 7.84. The van der Waals surface area contributed by atoms with E-state index in [1.807, 2.05) is 42.5 Å². The molecule has 1 aliphatic heterocycles. The molecular formula is C19H22N2O3. The molecule has 3 rings (SSSR count). The number of hydrogen-bond acceptors (Lipinski definition) is 3. The van der Waals surface area contributed by atoms with E-state index in [9.17, 15) is 9.90 Å². The summed E-state index contributed by atoms with van der Waals surface area (Å²) in [5.74, 6) is 0.654. The van der Waals surface area contributed by atoms with Gasteiger partial charge in [0.05, 0.1) is 18.4 Å². The van der Waals surface area contributed by atoms with Crippen molar-refractivity contribution in [1.82, 2.24) is 4.90 Å². The Kier molecular flexibility index (Phi) is 5.33. The predicted octanol–water partition coefficient (Wildman–Crippen LogP) is 2.91. The van der Waals surface area contributed by atoms with Crippen molar-refractivity contribution in [3.63, 3.8) is 0 Å². The molecule has 0 radical (unpaired) electrons. The Labute approximate surface area is 141 Å². The van der Waals surface area contributed by atoms with E-state index in [2.05, 4.69) is 17.4 Å². The number of likely N-dealkylation sites (tertiary alicyclic amines) is 1. The summed E-state index contributed by atoms with van der Waals surface area (Å²) in [5, 5.41) is 12.4. The number of carbonyl (C=O) groups is 1. The highest BCUT2D eigenvalue weighted by Gasteiger charge is 2.24. The summed E-state index contributed by atoms with van der Waals surface area (Å²) >= 11 is 0. The third-order valence-electron chi connectivity index (χ3n) is 4.07. The molecule has 0 unspecified atom stereocenters. The number of urea groups is 1. The summed E-state index contributed by atoms with van der Waals surface area (Å²) in [4.78, 5) is 13.9. The standard InChI is InChI=1S/C19H22N2O3/c22-16-10-12-21(14-16)19(23)20-17-8-4-5-9-18(17)24-13-11-15-6-2-1-3-7-15/h1-9,16,22H,10-14H2,(H,20,23)/t16-/m0/s1. The van der Waals surface area contributed by atoms with Crippen LogP contribution in [0.15, 0.2) is 54.6 Å². The van der Waals surface area contributed by atoms with Crippen molar-refractivity contribution in [3.8, 4) is 5.75 Å². The molecule has 1 fully saturated rings. The molecule has 24 heavy (non-hydrogen) atoms. The van der Waals surface area contributed by atoms with Crippen LogP contribution in [0.3, 0.4) is 0 Å². The quantitative estimate of drug-likeness (QED) is 0.888. The maximum atomic E-state index is 12.3. The number of rotatable bonds is 5. The average molecular weight is 326 g/mol. The number of aliphatic hydroxyl groups is 1. The van der Waals surface area contributed by atoms with E-state index >= 15 is 0 Å². The zero-order valence-electron chi connectivity index (χ0n) is 13.5. The van der Waals surface area contributed by atoms with Gasteiger partial charge in [0.25, 0.3) is 0 Å². The number of ether oxygens (including phenoxy) is 1. The van der Waals surface area contributed by atoms with E-state index in [-0.39, 0.29) is 6.03 Å². The summed E-state index contributed by atoms with van der Waals surface area (Å²) < 4.78 is 5.84. The minimum atomic E-state index is -0.423. The van der Waals surface area contributed by atoms with Crippen LogP contribution in [-0.2, 0) is 6.42 Å². The molecule has 2 N–H and O–H groups in total. The van der Waals surface area contributed by atoms with Gasteiger partial charge in [0.15, 0.2) is 0 Å². The van der Waals surface area contributed by atoms with Gasteiger partial charge >= 0.3 is 6.03 Å². The van der Waals surface area contributed by atoms with E-state index in [4.69, 9.17) is 4.74 Å². The van der Waals surface area contributed by atoms with Gasteiger partial charge in [-0.15, -0.1) is 0 Å². The molecule has 1 aliphatic rings. The van der Waals surface area contributed by atoms with E-state index in [0.717, 1.165) is 6.42 Å². The molecule has 2 aromatic carbocycles. The van der Waals surface area contributed by atoms with Crippen molar-refractivity contribution in [2.24, 2.45) is 0 Å². The summed E-state index contributed by atoms with van der Waals surface area (Å²) in [5.41, 5.74) is 1.86. The lowest BCUT2D eigenvalue weighted by Crippen LogP contribution is -2.33. The number of anilines is 1. The summed E-state index contributed by atoms with van der Waals surface area (Å²) in [6.45, 7) is 1.49. The number of amides is 2. The van der Waals surface area contributed by atoms with Gasteiger partial charge in [0.2, 0.25) is 0 Å². The number of benzene rings is 2. The predicted molar refractivity (Wildman–Crippen MR) is 93.3 cm³/mol. The molecular weight excluding hydrogens is 304 g/mol. The number of β-amino-alcohol motifs (C(OH)–C–C–N with tert-alkyl or cyclic N) is 1. The van der Waals surface area contributed by atoms with Crippen LogP contribution in [0, 0.1) is 0 Å². The van der Waals surface area contributed by atoms with Crippen LogP contribution in [0.25, 0.3) is 0 Å². The minimum Gasteiger partial charge on any atom is -0.491 e. The smallest absolute Gasteiger partial charge is 0.322 e. The van der Waals surface area contributed by atoms with Crippen molar-refractivity contribution in [3.05, 3.63) is 60.2 Å². The fourth-order valence-corrected chi connectivity index (χ4v) is 2.74.